The highest BCUT2D eigenvalue weighted by Crippen LogP contribution is 2.25. The average Bonchev–Trinajstić information content (AvgIpc) is 2.61. The number of amides is 1. The molecule has 7 heteroatoms. The van der Waals surface area contributed by atoms with E-state index in [0.717, 1.165) is 10.8 Å². The highest BCUT2D eigenvalue weighted by atomic mass is 32.2. The molecule has 0 aliphatic heterocycles. The maximum Gasteiger partial charge on any atom is 0.265 e. The molecule has 3 aromatic carbocycles. The van der Waals surface area contributed by atoms with Gasteiger partial charge in [0.2, 0.25) is 0 Å². The molecule has 0 spiro atoms. The van der Waals surface area contributed by atoms with Crippen molar-refractivity contribution >= 4 is 32.4 Å². The summed E-state index contributed by atoms with van der Waals surface area (Å²) in [5.41, 5.74) is 2.62. The van der Waals surface area contributed by atoms with E-state index in [-0.39, 0.29) is 10.5 Å². The molecule has 0 aliphatic rings. The Morgan fingerprint density at radius 1 is 0.917 bits per heavy atom. The van der Waals surface area contributed by atoms with Crippen LogP contribution in [0.1, 0.15) is 10.4 Å². The van der Waals surface area contributed by atoms with E-state index in [9.17, 15) is 13.2 Å². The molecule has 1 amide bonds. The zero-order chi connectivity index (χ0) is 17.2. The highest BCUT2D eigenvalue weighted by molar-refractivity contribution is 7.92. The standard InChI is InChI=1S/C17H15N3O3S/c18-19-17(21)13-7-3-8-14(11-13)24(22,23)20-16-10-4-6-12-5-1-2-9-15(12)16/h1-11,20H,18H2,(H,19,21). The van der Waals surface area contributed by atoms with Crippen LogP contribution >= 0.6 is 0 Å². The zero-order valence-electron chi connectivity index (χ0n) is 12.6. The van der Waals surface area contributed by atoms with Gasteiger partial charge in [0.1, 0.15) is 0 Å². The summed E-state index contributed by atoms with van der Waals surface area (Å²) in [6.45, 7) is 0. The molecule has 0 fully saturated rings. The molecule has 0 atom stereocenters. The lowest BCUT2D eigenvalue weighted by Gasteiger charge is -2.11. The van der Waals surface area contributed by atoms with Gasteiger partial charge in [-0.2, -0.15) is 0 Å². The Bertz CT molecular complexity index is 1010. The van der Waals surface area contributed by atoms with Gasteiger partial charge in [-0.3, -0.25) is 14.9 Å². The molecule has 0 aliphatic carbocycles. The number of nitrogen functional groups attached to an aromatic ring is 1. The monoisotopic (exact) mass is 341 g/mol. The molecule has 0 aromatic heterocycles. The van der Waals surface area contributed by atoms with Crippen molar-refractivity contribution in [3.05, 3.63) is 72.3 Å². The Balaban J connectivity index is 2.01. The minimum absolute atomic E-state index is 0.0171. The first-order valence-corrected chi connectivity index (χ1v) is 8.61. The lowest BCUT2D eigenvalue weighted by molar-refractivity contribution is 0.0953. The van der Waals surface area contributed by atoms with Crippen LogP contribution in [0.5, 0.6) is 0 Å². The molecule has 0 saturated carbocycles. The second-order valence-corrected chi connectivity index (χ2v) is 6.82. The Morgan fingerprint density at radius 2 is 1.62 bits per heavy atom. The predicted molar refractivity (Wildman–Crippen MR) is 92.9 cm³/mol. The van der Waals surface area contributed by atoms with E-state index in [1.165, 1.54) is 24.3 Å². The van der Waals surface area contributed by atoms with E-state index in [2.05, 4.69) is 4.72 Å². The lowest BCUT2D eigenvalue weighted by Crippen LogP contribution is -2.30. The summed E-state index contributed by atoms with van der Waals surface area (Å²) >= 11 is 0. The quantitative estimate of drug-likeness (QED) is 0.385. The molecular weight excluding hydrogens is 326 g/mol. The SMILES string of the molecule is NNC(=O)c1cccc(S(=O)(=O)Nc2cccc3ccccc23)c1. The summed E-state index contributed by atoms with van der Waals surface area (Å²) in [6, 6.07) is 18.5. The molecule has 0 saturated heterocycles. The summed E-state index contributed by atoms with van der Waals surface area (Å²) in [5, 5.41) is 1.72. The van der Waals surface area contributed by atoms with Gasteiger partial charge in [-0.1, -0.05) is 42.5 Å². The summed E-state index contributed by atoms with van der Waals surface area (Å²) in [7, 11) is -3.84. The van der Waals surface area contributed by atoms with E-state index in [1.807, 2.05) is 35.8 Å². The van der Waals surface area contributed by atoms with E-state index in [4.69, 9.17) is 5.84 Å². The number of fused-ring (bicyclic) bond motifs is 1. The smallest absolute Gasteiger partial charge is 0.265 e. The lowest BCUT2D eigenvalue weighted by atomic mass is 10.1. The normalized spacial score (nSPS) is 11.2. The number of nitrogens with two attached hydrogens (primary N) is 1. The largest absolute Gasteiger partial charge is 0.290 e. The van der Waals surface area contributed by atoms with Crippen LogP contribution in [0.25, 0.3) is 10.8 Å². The van der Waals surface area contributed by atoms with Crippen LogP contribution in [0, 0.1) is 0 Å². The maximum atomic E-state index is 12.6. The van der Waals surface area contributed by atoms with Crippen molar-refractivity contribution in [1.82, 2.24) is 5.43 Å². The highest BCUT2D eigenvalue weighted by Gasteiger charge is 2.17. The van der Waals surface area contributed by atoms with Crippen LogP contribution in [0.15, 0.2) is 71.6 Å². The fourth-order valence-corrected chi connectivity index (χ4v) is 3.53. The number of sulfonamides is 1. The topological polar surface area (TPSA) is 101 Å². The number of hydrogen-bond donors (Lipinski definition) is 3. The molecule has 0 unspecified atom stereocenters. The number of rotatable bonds is 4. The third-order valence-corrected chi connectivity index (χ3v) is 4.93. The van der Waals surface area contributed by atoms with Gasteiger partial charge in [-0.05, 0) is 29.7 Å². The molecule has 4 N–H and O–H groups in total. The van der Waals surface area contributed by atoms with E-state index < -0.39 is 15.9 Å². The number of anilines is 1. The first-order valence-electron chi connectivity index (χ1n) is 7.13. The Morgan fingerprint density at radius 3 is 2.42 bits per heavy atom. The fourth-order valence-electron chi connectivity index (χ4n) is 2.41. The second-order valence-electron chi connectivity index (χ2n) is 5.13. The van der Waals surface area contributed by atoms with E-state index in [0.29, 0.717) is 5.69 Å². The third kappa shape index (κ3) is 3.08. The molecule has 24 heavy (non-hydrogen) atoms. The van der Waals surface area contributed by atoms with Crippen molar-refractivity contribution in [3.63, 3.8) is 0 Å². The molecular formula is C17H15N3O3S. The maximum absolute atomic E-state index is 12.6. The van der Waals surface area contributed by atoms with Crippen molar-refractivity contribution in [2.45, 2.75) is 4.90 Å². The van der Waals surface area contributed by atoms with Crippen molar-refractivity contribution in [2.24, 2.45) is 5.84 Å². The number of carbonyl (C=O) groups is 1. The molecule has 0 bridgehead atoms. The summed E-state index contributed by atoms with van der Waals surface area (Å²) < 4.78 is 27.8. The van der Waals surface area contributed by atoms with Crippen LogP contribution in [-0.4, -0.2) is 14.3 Å². The van der Waals surface area contributed by atoms with Gasteiger partial charge in [0.05, 0.1) is 10.6 Å². The minimum Gasteiger partial charge on any atom is -0.290 e. The van der Waals surface area contributed by atoms with E-state index in [1.54, 1.807) is 12.1 Å². The van der Waals surface area contributed by atoms with Gasteiger partial charge in [0.25, 0.3) is 15.9 Å². The fraction of sp³-hybridized carbons (Fsp3) is 0. The molecule has 6 nitrogen and oxygen atoms in total. The van der Waals surface area contributed by atoms with Crippen LogP contribution in [-0.2, 0) is 10.0 Å². The summed E-state index contributed by atoms with van der Waals surface area (Å²) in [5.74, 6) is 4.53. The van der Waals surface area contributed by atoms with Gasteiger partial charge in [-0.25, -0.2) is 14.3 Å². The number of nitrogens with one attached hydrogen (secondary N) is 2. The summed E-state index contributed by atoms with van der Waals surface area (Å²) in [4.78, 5) is 11.6. The number of benzene rings is 3. The second kappa shape index (κ2) is 6.31. The minimum atomic E-state index is -3.84. The van der Waals surface area contributed by atoms with Gasteiger partial charge in [-0.15, -0.1) is 0 Å². The van der Waals surface area contributed by atoms with Gasteiger partial charge >= 0.3 is 0 Å². The third-order valence-electron chi connectivity index (χ3n) is 3.57. The Kier molecular flexibility index (Phi) is 4.20. The van der Waals surface area contributed by atoms with Gasteiger partial charge in [0.15, 0.2) is 0 Å². The van der Waals surface area contributed by atoms with E-state index >= 15 is 0 Å². The first kappa shape index (κ1) is 16.0. The van der Waals surface area contributed by atoms with Gasteiger partial charge < -0.3 is 0 Å². The van der Waals surface area contributed by atoms with Crippen LogP contribution in [0.4, 0.5) is 5.69 Å². The number of hydrazine groups is 1. The Hall–Kier alpha value is -2.90. The molecule has 3 rings (SSSR count). The van der Waals surface area contributed by atoms with Crippen molar-refractivity contribution in [2.75, 3.05) is 4.72 Å². The van der Waals surface area contributed by atoms with Crippen LogP contribution in [0.2, 0.25) is 0 Å². The molecule has 0 radical (unpaired) electrons. The molecule has 122 valence electrons. The zero-order valence-corrected chi connectivity index (χ0v) is 13.4. The van der Waals surface area contributed by atoms with Crippen LogP contribution in [0.3, 0.4) is 0 Å². The average molecular weight is 341 g/mol. The summed E-state index contributed by atoms with van der Waals surface area (Å²) in [6.07, 6.45) is 0. The molecule has 3 aromatic rings. The van der Waals surface area contributed by atoms with Crippen molar-refractivity contribution < 1.29 is 13.2 Å². The molecule has 0 heterocycles. The van der Waals surface area contributed by atoms with Gasteiger partial charge in [0, 0.05) is 10.9 Å². The van der Waals surface area contributed by atoms with Crippen molar-refractivity contribution in [3.8, 4) is 0 Å². The predicted octanol–water partition coefficient (Wildman–Crippen LogP) is 2.24. The number of carbonyl (C=O) groups excluding carboxylic acids is 1. The first-order chi connectivity index (χ1) is 11.5. The Labute approximate surface area is 139 Å². The van der Waals surface area contributed by atoms with Crippen LogP contribution < -0.4 is 16.0 Å². The number of hydrogen-bond acceptors (Lipinski definition) is 4. The van der Waals surface area contributed by atoms with Crippen molar-refractivity contribution in [1.29, 1.82) is 0 Å².